The van der Waals surface area contributed by atoms with Crippen LogP contribution >= 0.6 is 22.9 Å². The van der Waals surface area contributed by atoms with Crippen LogP contribution in [0.15, 0.2) is 36.7 Å². The number of nitrogens with zero attached hydrogens (tertiary/aromatic N) is 3. The summed E-state index contributed by atoms with van der Waals surface area (Å²) < 4.78 is 1.08. The molecule has 0 saturated heterocycles. The summed E-state index contributed by atoms with van der Waals surface area (Å²) in [6, 6.07) is 9.35. The summed E-state index contributed by atoms with van der Waals surface area (Å²) in [5, 5.41) is 10.3. The van der Waals surface area contributed by atoms with Crippen LogP contribution in [0.1, 0.15) is 5.56 Å². The van der Waals surface area contributed by atoms with Crippen LogP contribution in [-0.2, 0) is 0 Å². The molecular formula is C13H6ClN3S. The van der Waals surface area contributed by atoms with Crippen LogP contribution in [0.2, 0.25) is 5.02 Å². The fourth-order valence-corrected chi connectivity index (χ4v) is 2.74. The highest BCUT2D eigenvalue weighted by atomic mass is 35.5. The quantitative estimate of drug-likeness (QED) is 0.675. The second kappa shape index (κ2) is 4.37. The zero-order chi connectivity index (χ0) is 12.5. The molecule has 3 nitrogen and oxygen atoms in total. The molecule has 0 unspecified atom stereocenters. The monoisotopic (exact) mass is 271 g/mol. The summed E-state index contributed by atoms with van der Waals surface area (Å²) in [6.07, 6.45) is 3.48. The number of hydrogen-bond donors (Lipinski definition) is 0. The van der Waals surface area contributed by atoms with Gasteiger partial charge in [-0.1, -0.05) is 17.7 Å². The highest BCUT2D eigenvalue weighted by Crippen LogP contribution is 2.31. The van der Waals surface area contributed by atoms with Crippen LogP contribution < -0.4 is 0 Å². The maximum atomic E-state index is 8.97. The standard InChI is InChI=1S/C13H6ClN3S/c14-10-2-1-8(5-9(10)6-15)13-17-11-7-16-4-3-12(11)18-13/h1-5,7H. The van der Waals surface area contributed by atoms with Crippen LogP contribution in [0.25, 0.3) is 20.8 Å². The first-order valence-electron chi connectivity index (χ1n) is 5.18. The smallest absolute Gasteiger partial charge is 0.124 e. The molecule has 3 aromatic rings. The first-order valence-corrected chi connectivity index (χ1v) is 6.38. The van der Waals surface area contributed by atoms with Crippen molar-refractivity contribution >= 4 is 33.2 Å². The summed E-state index contributed by atoms with van der Waals surface area (Å²) in [5.41, 5.74) is 2.23. The van der Waals surface area contributed by atoms with E-state index >= 15 is 0 Å². The molecule has 3 rings (SSSR count). The summed E-state index contributed by atoms with van der Waals surface area (Å²) in [6.45, 7) is 0. The lowest BCUT2D eigenvalue weighted by atomic mass is 10.1. The normalized spacial score (nSPS) is 10.4. The molecule has 2 aromatic heterocycles. The van der Waals surface area contributed by atoms with Crippen molar-refractivity contribution in [1.82, 2.24) is 9.97 Å². The molecule has 5 heteroatoms. The van der Waals surface area contributed by atoms with E-state index in [0.717, 1.165) is 20.8 Å². The molecule has 18 heavy (non-hydrogen) atoms. The topological polar surface area (TPSA) is 49.6 Å². The second-order valence-corrected chi connectivity index (χ2v) is 5.11. The maximum Gasteiger partial charge on any atom is 0.124 e. The van der Waals surface area contributed by atoms with Crippen molar-refractivity contribution in [2.75, 3.05) is 0 Å². The van der Waals surface area contributed by atoms with Crippen molar-refractivity contribution < 1.29 is 0 Å². The number of pyridine rings is 1. The molecule has 0 N–H and O–H groups in total. The van der Waals surface area contributed by atoms with Gasteiger partial charge in [-0.05, 0) is 18.2 Å². The zero-order valence-corrected chi connectivity index (χ0v) is 10.7. The number of benzene rings is 1. The summed E-state index contributed by atoms with van der Waals surface area (Å²) in [4.78, 5) is 8.53. The molecule has 0 atom stereocenters. The minimum Gasteiger partial charge on any atom is -0.262 e. The third-order valence-corrected chi connectivity index (χ3v) is 3.94. The Morgan fingerprint density at radius 3 is 2.94 bits per heavy atom. The molecule has 0 aliphatic heterocycles. The van der Waals surface area contributed by atoms with Crippen molar-refractivity contribution in [3.63, 3.8) is 0 Å². The van der Waals surface area contributed by atoms with E-state index in [4.69, 9.17) is 16.9 Å². The third kappa shape index (κ3) is 1.84. The van der Waals surface area contributed by atoms with Crippen LogP contribution in [-0.4, -0.2) is 9.97 Å². The number of hydrogen-bond acceptors (Lipinski definition) is 4. The van der Waals surface area contributed by atoms with Gasteiger partial charge < -0.3 is 0 Å². The van der Waals surface area contributed by atoms with Gasteiger partial charge in [0.15, 0.2) is 0 Å². The molecular weight excluding hydrogens is 266 g/mol. The Morgan fingerprint density at radius 1 is 1.28 bits per heavy atom. The summed E-state index contributed by atoms with van der Waals surface area (Å²) in [5.74, 6) is 0. The minimum atomic E-state index is 0.462. The Kier molecular flexibility index (Phi) is 2.71. The maximum absolute atomic E-state index is 8.97. The summed E-state index contributed by atoms with van der Waals surface area (Å²) >= 11 is 7.48. The number of fused-ring (bicyclic) bond motifs is 1. The largest absolute Gasteiger partial charge is 0.262 e. The molecule has 0 saturated carbocycles. The van der Waals surface area contributed by atoms with E-state index in [9.17, 15) is 0 Å². The van der Waals surface area contributed by atoms with Gasteiger partial charge in [-0.15, -0.1) is 11.3 Å². The average Bonchev–Trinajstić information content (AvgIpc) is 2.83. The van der Waals surface area contributed by atoms with Crippen LogP contribution in [0.4, 0.5) is 0 Å². The number of rotatable bonds is 1. The Hall–Kier alpha value is -1.96. The van der Waals surface area contributed by atoms with E-state index in [0.29, 0.717) is 10.6 Å². The Morgan fingerprint density at radius 2 is 2.17 bits per heavy atom. The average molecular weight is 272 g/mol. The molecule has 0 bridgehead atoms. The Labute approximate surface area is 112 Å². The number of nitriles is 1. The van der Waals surface area contributed by atoms with Crippen molar-refractivity contribution in [1.29, 1.82) is 5.26 Å². The van der Waals surface area contributed by atoms with Crippen LogP contribution in [0, 0.1) is 11.3 Å². The SMILES string of the molecule is N#Cc1cc(-c2nc3cnccc3s2)ccc1Cl. The van der Waals surface area contributed by atoms with E-state index in [-0.39, 0.29) is 0 Å². The molecule has 2 heterocycles. The van der Waals surface area contributed by atoms with Crippen molar-refractivity contribution in [3.8, 4) is 16.6 Å². The van der Waals surface area contributed by atoms with Gasteiger partial charge in [0.1, 0.15) is 16.6 Å². The predicted octanol–water partition coefficient (Wildman–Crippen LogP) is 3.88. The first kappa shape index (κ1) is 11.1. The van der Waals surface area contributed by atoms with Gasteiger partial charge in [-0.25, -0.2) is 4.98 Å². The van der Waals surface area contributed by atoms with Crippen LogP contribution in [0.5, 0.6) is 0 Å². The highest BCUT2D eigenvalue weighted by molar-refractivity contribution is 7.21. The minimum absolute atomic E-state index is 0.462. The van der Waals surface area contributed by atoms with Gasteiger partial charge in [-0.2, -0.15) is 5.26 Å². The van der Waals surface area contributed by atoms with Gasteiger partial charge in [0.2, 0.25) is 0 Å². The molecule has 0 aliphatic rings. The molecule has 0 spiro atoms. The first-order chi connectivity index (χ1) is 8.78. The molecule has 0 radical (unpaired) electrons. The lowest BCUT2D eigenvalue weighted by Gasteiger charge is -1.98. The molecule has 0 fully saturated rings. The van der Waals surface area contributed by atoms with E-state index in [1.165, 1.54) is 0 Å². The molecule has 0 aliphatic carbocycles. The Bertz CT molecular complexity index is 740. The van der Waals surface area contributed by atoms with E-state index < -0.39 is 0 Å². The van der Waals surface area contributed by atoms with Gasteiger partial charge in [0.25, 0.3) is 0 Å². The fourth-order valence-electron chi connectivity index (χ4n) is 1.65. The highest BCUT2D eigenvalue weighted by Gasteiger charge is 2.08. The van der Waals surface area contributed by atoms with Crippen molar-refractivity contribution in [2.24, 2.45) is 0 Å². The zero-order valence-electron chi connectivity index (χ0n) is 9.09. The second-order valence-electron chi connectivity index (χ2n) is 3.67. The van der Waals surface area contributed by atoms with E-state index in [1.807, 2.05) is 12.1 Å². The van der Waals surface area contributed by atoms with Gasteiger partial charge in [0.05, 0.1) is 21.5 Å². The predicted molar refractivity (Wildman–Crippen MR) is 72.6 cm³/mol. The third-order valence-electron chi connectivity index (χ3n) is 2.52. The van der Waals surface area contributed by atoms with Crippen LogP contribution in [0.3, 0.4) is 0 Å². The Balaban J connectivity index is 2.17. The lowest BCUT2D eigenvalue weighted by Crippen LogP contribution is -1.81. The number of thiazole rings is 1. The summed E-state index contributed by atoms with van der Waals surface area (Å²) in [7, 11) is 0. The van der Waals surface area contributed by atoms with E-state index in [2.05, 4.69) is 16.0 Å². The van der Waals surface area contributed by atoms with Crippen molar-refractivity contribution in [2.45, 2.75) is 0 Å². The lowest BCUT2D eigenvalue weighted by molar-refractivity contribution is 1.34. The molecule has 86 valence electrons. The molecule has 1 aromatic carbocycles. The number of halogens is 1. The van der Waals surface area contributed by atoms with E-state index in [1.54, 1.807) is 35.9 Å². The number of aromatic nitrogens is 2. The van der Waals surface area contributed by atoms with Gasteiger partial charge >= 0.3 is 0 Å². The van der Waals surface area contributed by atoms with Gasteiger partial charge in [-0.3, -0.25) is 4.98 Å². The van der Waals surface area contributed by atoms with Gasteiger partial charge in [0, 0.05) is 11.8 Å². The van der Waals surface area contributed by atoms with Crippen molar-refractivity contribution in [3.05, 3.63) is 47.2 Å². The molecule has 0 amide bonds. The fraction of sp³-hybridized carbons (Fsp3) is 0.